The maximum Gasteiger partial charge on any atom is 0.248 e. The molecule has 0 saturated carbocycles. The molecule has 16 heavy (non-hydrogen) atoms. The topological polar surface area (TPSA) is 70.7 Å². The first kappa shape index (κ1) is 10.8. The van der Waals surface area contributed by atoms with Crippen LogP contribution in [0.3, 0.4) is 0 Å². The van der Waals surface area contributed by atoms with E-state index in [4.69, 9.17) is 0 Å². The van der Waals surface area contributed by atoms with Crippen molar-refractivity contribution in [3.8, 4) is 0 Å². The number of aryl methyl sites for hydroxylation is 1. The van der Waals surface area contributed by atoms with Crippen LogP contribution in [0.25, 0.3) is 0 Å². The van der Waals surface area contributed by atoms with Crippen LogP contribution in [0, 0.1) is 0 Å². The summed E-state index contributed by atoms with van der Waals surface area (Å²) >= 11 is 0. The Hall–Kier alpha value is -1.69. The second-order valence-corrected chi connectivity index (χ2v) is 3.89. The van der Waals surface area contributed by atoms with Gasteiger partial charge in [0, 0.05) is 13.2 Å². The monoisotopic (exact) mass is 222 g/mol. The molecule has 1 aromatic heterocycles. The third kappa shape index (κ3) is 1.96. The Morgan fingerprint density at radius 2 is 2.38 bits per heavy atom. The molecule has 0 spiro atoms. The van der Waals surface area contributed by atoms with Crippen LogP contribution < -0.4 is 0 Å². The van der Waals surface area contributed by atoms with Gasteiger partial charge >= 0.3 is 0 Å². The molecule has 86 valence electrons. The van der Waals surface area contributed by atoms with Gasteiger partial charge in [-0.05, 0) is 13.0 Å². The zero-order valence-electron chi connectivity index (χ0n) is 9.29. The summed E-state index contributed by atoms with van der Waals surface area (Å²) < 4.78 is 1.68. The van der Waals surface area contributed by atoms with E-state index in [0.717, 1.165) is 5.69 Å². The minimum atomic E-state index is -0.571. The van der Waals surface area contributed by atoms with Gasteiger partial charge in [0.25, 0.3) is 0 Å². The van der Waals surface area contributed by atoms with Gasteiger partial charge < -0.3 is 5.11 Å². The van der Waals surface area contributed by atoms with E-state index in [9.17, 15) is 9.90 Å². The molecule has 1 aliphatic rings. The molecule has 2 heterocycles. The highest BCUT2D eigenvalue weighted by Gasteiger charge is 2.26. The fraction of sp³-hybridized carbons (Fsp3) is 0.500. The number of carbonyl (C=O) groups is 1. The first-order chi connectivity index (χ1) is 7.58. The molecule has 0 aliphatic carbocycles. The quantitative estimate of drug-likeness (QED) is 0.765. The van der Waals surface area contributed by atoms with E-state index in [-0.39, 0.29) is 18.9 Å². The number of aromatic nitrogens is 2. The SMILES string of the molecule is CC(O)CN1N=C(c2ccnn2C)CC1=O. The van der Waals surface area contributed by atoms with Gasteiger partial charge in [0.05, 0.1) is 30.5 Å². The Balaban J connectivity index is 2.20. The summed E-state index contributed by atoms with van der Waals surface area (Å²) in [5.41, 5.74) is 1.53. The Kier molecular flexibility index (Phi) is 2.74. The van der Waals surface area contributed by atoms with E-state index in [2.05, 4.69) is 10.2 Å². The molecular formula is C10H14N4O2. The molecule has 0 fully saturated rings. The summed E-state index contributed by atoms with van der Waals surface area (Å²) in [6.07, 6.45) is 1.37. The highest BCUT2D eigenvalue weighted by molar-refractivity contribution is 6.12. The fourth-order valence-corrected chi connectivity index (χ4v) is 1.66. The lowest BCUT2D eigenvalue weighted by molar-refractivity contribution is -0.129. The van der Waals surface area contributed by atoms with Crippen molar-refractivity contribution < 1.29 is 9.90 Å². The van der Waals surface area contributed by atoms with Crippen molar-refractivity contribution in [3.05, 3.63) is 18.0 Å². The van der Waals surface area contributed by atoms with Crippen LogP contribution in [0.4, 0.5) is 0 Å². The van der Waals surface area contributed by atoms with Gasteiger partial charge in [-0.2, -0.15) is 10.2 Å². The van der Waals surface area contributed by atoms with Crippen molar-refractivity contribution in [2.45, 2.75) is 19.4 Å². The highest BCUT2D eigenvalue weighted by Crippen LogP contribution is 2.14. The number of hydrogen-bond acceptors (Lipinski definition) is 4. The second-order valence-electron chi connectivity index (χ2n) is 3.89. The lowest BCUT2D eigenvalue weighted by atomic mass is 10.2. The van der Waals surface area contributed by atoms with E-state index in [1.54, 1.807) is 24.9 Å². The molecule has 0 radical (unpaired) electrons. The van der Waals surface area contributed by atoms with Gasteiger partial charge in [-0.15, -0.1) is 0 Å². The number of hydrazone groups is 1. The Labute approximate surface area is 93.2 Å². The van der Waals surface area contributed by atoms with Crippen molar-refractivity contribution >= 4 is 11.6 Å². The first-order valence-electron chi connectivity index (χ1n) is 5.12. The minimum Gasteiger partial charge on any atom is -0.391 e. The lowest BCUT2D eigenvalue weighted by Gasteiger charge is -2.12. The van der Waals surface area contributed by atoms with Crippen molar-refractivity contribution in [1.29, 1.82) is 0 Å². The summed E-state index contributed by atoms with van der Waals surface area (Å²) in [7, 11) is 1.81. The molecule has 1 aliphatic heterocycles. The second kappa shape index (κ2) is 4.05. The van der Waals surface area contributed by atoms with Crippen LogP contribution in [0.15, 0.2) is 17.4 Å². The molecule has 1 unspecified atom stereocenters. The lowest BCUT2D eigenvalue weighted by Crippen LogP contribution is -2.28. The molecule has 6 heteroatoms. The normalized spacial score (nSPS) is 17.8. The van der Waals surface area contributed by atoms with Gasteiger partial charge in [0.15, 0.2) is 0 Å². The molecule has 1 amide bonds. The average Bonchev–Trinajstić information content (AvgIpc) is 2.73. The summed E-state index contributed by atoms with van der Waals surface area (Å²) in [6, 6.07) is 1.82. The Morgan fingerprint density at radius 3 is 2.94 bits per heavy atom. The molecule has 6 nitrogen and oxygen atoms in total. The summed E-state index contributed by atoms with van der Waals surface area (Å²) in [5.74, 6) is -0.0860. The van der Waals surface area contributed by atoms with Crippen LogP contribution in [-0.4, -0.2) is 44.2 Å². The number of hydrogen-bond donors (Lipinski definition) is 1. The summed E-state index contributed by atoms with van der Waals surface area (Å²) in [5, 5.41) is 18.8. The molecule has 1 atom stereocenters. The van der Waals surface area contributed by atoms with E-state index in [1.807, 2.05) is 6.07 Å². The number of aliphatic hydroxyl groups is 1. The van der Waals surface area contributed by atoms with Crippen molar-refractivity contribution in [2.75, 3.05) is 6.54 Å². The standard InChI is InChI=1S/C10H14N4O2/c1-7(15)6-14-10(16)5-8(12-14)9-3-4-11-13(9)2/h3-4,7,15H,5-6H2,1-2H3. The molecule has 0 bridgehead atoms. The molecule has 1 N–H and O–H groups in total. The van der Waals surface area contributed by atoms with Gasteiger partial charge in [-0.25, -0.2) is 5.01 Å². The molecule has 1 aromatic rings. The Bertz CT molecular complexity index is 436. The van der Waals surface area contributed by atoms with Crippen molar-refractivity contribution in [2.24, 2.45) is 12.1 Å². The van der Waals surface area contributed by atoms with Crippen LogP contribution in [0.2, 0.25) is 0 Å². The van der Waals surface area contributed by atoms with Crippen LogP contribution in [0.5, 0.6) is 0 Å². The number of amides is 1. The number of carbonyl (C=O) groups excluding carboxylic acids is 1. The predicted molar refractivity (Wildman–Crippen MR) is 57.8 cm³/mol. The first-order valence-corrected chi connectivity index (χ1v) is 5.12. The number of nitrogens with zero attached hydrogens (tertiary/aromatic N) is 4. The van der Waals surface area contributed by atoms with Gasteiger partial charge in [0.1, 0.15) is 0 Å². The van der Waals surface area contributed by atoms with E-state index < -0.39 is 6.10 Å². The van der Waals surface area contributed by atoms with Gasteiger partial charge in [-0.1, -0.05) is 0 Å². The Morgan fingerprint density at radius 1 is 1.62 bits per heavy atom. The van der Waals surface area contributed by atoms with Crippen molar-refractivity contribution in [3.63, 3.8) is 0 Å². The highest BCUT2D eigenvalue weighted by atomic mass is 16.3. The van der Waals surface area contributed by atoms with Gasteiger partial charge in [-0.3, -0.25) is 9.48 Å². The predicted octanol–water partition coefficient (Wildman–Crippen LogP) is -0.263. The maximum atomic E-state index is 11.6. The minimum absolute atomic E-state index is 0.0860. The third-order valence-electron chi connectivity index (χ3n) is 2.40. The van der Waals surface area contributed by atoms with E-state index in [0.29, 0.717) is 5.71 Å². The zero-order chi connectivity index (χ0) is 11.7. The molecule has 0 aromatic carbocycles. The van der Waals surface area contributed by atoms with Crippen LogP contribution in [0.1, 0.15) is 19.0 Å². The average molecular weight is 222 g/mol. The largest absolute Gasteiger partial charge is 0.391 e. The van der Waals surface area contributed by atoms with Crippen LogP contribution in [-0.2, 0) is 11.8 Å². The van der Waals surface area contributed by atoms with Gasteiger partial charge in [0.2, 0.25) is 5.91 Å². The number of aliphatic hydroxyl groups excluding tert-OH is 1. The summed E-state index contributed by atoms with van der Waals surface area (Å²) in [6.45, 7) is 1.87. The van der Waals surface area contributed by atoms with E-state index in [1.165, 1.54) is 5.01 Å². The smallest absolute Gasteiger partial charge is 0.248 e. The molecule has 2 rings (SSSR count). The number of β-amino-alcohol motifs (C(OH)–C–C–N with tert-alkyl or cyclic N) is 1. The zero-order valence-corrected chi connectivity index (χ0v) is 9.29. The third-order valence-corrected chi connectivity index (χ3v) is 2.40. The summed E-state index contributed by atoms with van der Waals surface area (Å²) in [4.78, 5) is 11.6. The van der Waals surface area contributed by atoms with Crippen molar-refractivity contribution in [1.82, 2.24) is 14.8 Å². The van der Waals surface area contributed by atoms with E-state index >= 15 is 0 Å². The molecule has 0 saturated heterocycles. The molecular weight excluding hydrogens is 208 g/mol. The maximum absolute atomic E-state index is 11.6. The number of rotatable bonds is 3. The fourth-order valence-electron chi connectivity index (χ4n) is 1.66. The van der Waals surface area contributed by atoms with Crippen LogP contribution >= 0.6 is 0 Å².